The smallest absolute Gasteiger partial charge is 0.427 e. The number of ether oxygens (including phenoxy) is 8. The molecule has 0 spiro atoms. The van der Waals surface area contributed by atoms with Gasteiger partial charge >= 0.3 is 18.3 Å². The maximum atomic E-state index is 13.9. The number of esters is 1. The quantitative estimate of drug-likeness (QED) is 0.0341. The highest BCUT2D eigenvalue weighted by Gasteiger charge is 2.44. The summed E-state index contributed by atoms with van der Waals surface area (Å²) in [5.74, 6) is -0.191. The first kappa shape index (κ1) is 63.4. The van der Waals surface area contributed by atoms with Gasteiger partial charge in [0.1, 0.15) is 34.5 Å². The molecule has 568 valence electrons. The number of hydrogen-bond acceptors (Lipinski definition) is 23. The molecule has 0 saturated carbocycles. The number of halogens is 6. The van der Waals surface area contributed by atoms with Crippen LogP contribution in [0.1, 0.15) is 49.6 Å². The summed E-state index contributed by atoms with van der Waals surface area (Å²) in [4.78, 5) is 42.7. The number of hydrogen-bond donors (Lipinski definition) is 2. The Bertz CT molecular complexity index is 5490. The van der Waals surface area contributed by atoms with Gasteiger partial charge in [0.05, 0.1) is 170 Å². The van der Waals surface area contributed by atoms with Crippen LogP contribution in [-0.4, -0.2) is 184 Å². The molecule has 108 heavy (non-hydrogen) atoms. The number of benzene rings is 6. The molecule has 2 N–H and O–H groups in total. The summed E-state index contributed by atoms with van der Waals surface area (Å²) >= 11 is 0. The molecule has 26 nitrogen and oxygen atoms in total. The van der Waals surface area contributed by atoms with Crippen LogP contribution in [0, 0.1) is 0 Å². The lowest BCUT2D eigenvalue weighted by Gasteiger charge is -2.30. The van der Waals surface area contributed by atoms with Crippen molar-refractivity contribution in [3.8, 4) is 68.3 Å². The van der Waals surface area contributed by atoms with E-state index in [9.17, 15) is 36.2 Å². The summed E-state index contributed by atoms with van der Waals surface area (Å²) in [6.45, 7) is -4.49. The molecule has 6 aromatic carbocycles. The molecule has 0 aliphatic rings. The summed E-state index contributed by atoms with van der Waals surface area (Å²) in [5, 5.41) is 24.6. The first-order valence-electron chi connectivity index (χ1n) is 38.7. The van der Waals surface area contributed by atoms with Crippen molar-refractivity contribution in [3.63, 3.8) is 0 Å². The maximum Gasteiger partial charge on any atom is 0.427 e. The first-order chi connectivity index (χ1) is 56.3. The lowest BCUT2D eigenvalue weighted by Crippen LogP contribution is -2.42. The van der Waals surface area contributed by atoms with Crippen molar-refractivity contribution in [3.05, 3.63) is 165 Å². The van der Waals surface area contributed by atoms with E-state index in [1.807, 2.05) is 52.2 Å². The highest BCUT2D eigenvalue weighted by atomic mass is 19.4. The standard InChI is InChI=1S/C26H31N5O4.C25H27F3N6O2.C25H24F3N5O4/c1-17(2)31-14-18(12-28-31)26-13-27-24-7-6-19(10-25(24)29-26)30(15-21(32)16-33-3)20-8-22(34-4)11-23(9-20)35-5;1-33-15-17(13-31-33)24-14-30-22-6-5-18(11-23(22)32-24)34(8-4-7-29-16-25(26,27)28)19-9-20(35-2)12-21(10-19)36-3;1-15(34)37-24(25(26,27)28)14-33(18-7-19(35-3)10-20(8-18)36-4)17-5-6-21-22(9-17)31-23(12-29-21)16-11-30-32(2)13-16/h6-14,17,21,32H,15-16H2,1-5H3;5-6,9-15,29H,4,7-8,16H2,1-3H3;5-13,24H,14H2,1-4H3/t21-;;24-/m1.0/s1/i;2D3,3D3,4D2,7D2,8D2;. The number of aliphatic hydroxyl groups is 1. The van der Waals surface area contributed by atoms with Crippen LogP contribution in [0.5, 0.6) is 34.5 Å². The number of methoxy groups -OCH3 is 7. The van der Waals surface area contributed by atoms with E-state index in [2.05, 4.69) is 58.8 Å². The van der Waals surface area contributed by atoms with Crippen molar-refractivity contribution in [1.82, 2.24) is 64.6 Å². The predicted octanol–water partition coefficient (Wildman–Crippen LogP) is 13.6. The van der Waals surface area contributed by atoms with Crippen LogP contribution in [0.15, 0.2) is 165 Å². The minimum Gasteiger partial charge on any atom is -0.497 e. The highest BCUT2D eigenvalue weighted by Crippen LogP contribution is 2.40. The van der Waals surface area contributed by atoms with E-state index >= 15 is 0 Å². The second kappa shape index (κ2) is 35.5. The largest absolute Gasteiger partial charge is 0.497 e. The normalized spacial score (nSPS) is 14.3. The third-order valence-corrected chi connectivity index (χ3v) is 15.9. The zero-order valence-corrected chi connectivity index (χ0v) is 59.7. The molecule has 12 rings (SSSR count). The Labute approximate surface area is 635 Å². The van der Waals surface area contributed by atoms with Crippen LogP contribution in [0.4, 0.5) is 60.5 Å². The van der Waals surface area contributed by atoms with Crippen molar-refractivity contribution in [1.29, 1.82) is 0 Å². The van der Waals surface area contributed by atoms with Crippen LogP contribution in [0.2, 0.25) is 0 Å². The van der Waals surface area contributed by atoms with Gasteiger partial charge in [-0.05, 0) is 81.3 Å². The van der Waals surface area contributed by atoms with E-state index in [1.54, 1.807) is 114 Å². The topological polar surface area (TPSA) is 264 Å². The predicted molar refractivity (Wildman–Crippen MR) is 397 cm³/mol. The summed E-state index contributed by atoms with van der Waals surface area (Å²) < 4.78 is 223. The van der Waals surface area contributed by atoms with E-state index in [1.165, 1.54) is 59.7 Å². The van der Waals surface area contributed by atoms with Gasteiger partial charge in [0.15, 0.2) is 0 Å². The van der Waals surface area contributed by atoms with E-state index < -0.39 is 94.2 Å². The van der Waals surface area contributed by atoms with E-state index in [4.69, 9.17) is 54.6 Å². The molecular formula is C76H82F6N16O10. The SMILES string of the molecule is COC[C@H](O)CN(c1cc(OC)cc(OC)c1)c1ccc2ncc(-c3cnn(C(C)C)c3)nc2c1.COc1cc(OC)cc(N(C[C@H](OC(C)=O)C(F)(F)F)c2ccc3ncc(-c4cnn(C)c4)nc3c2)c1.[2H]C([2H])([2H])Oc1cc(OC([2H])([2H])[2H])cc(N(c2ccc3ncc(-c4cnn(C)c4)nc3c2)C([2H])([2H])C([2H])([2H])C([2H])([2H])NCC(F)(F)F)c1. The zero-order chi connectivity index (χ0) is 87.8. The Hall–Kier alpha value is -11.9. The Morgan fingerprint density at radius 1 is 0.528 bits per heavy atom. The van der Waals surface area contributed by atoms with E-state index in [0.717, 1.165) is 64.4 Å². The number of anilines is 6. The average Bonchev–Trinajstić information content (AvgIpc) is 0.736. The van der Waals surface area contributed by atoms with Crippen LogP contribution < -0.4 is 48.4 Å². The number of aromatic nitrogens is 12. The fraction of sp³-hybridized carbons (Fsp3) is 0.316. The monoisotopic (exact) mass is 1500 g/mol. The summed E-state index contributed by atoms with van der Waals surface area (Å²) in [7, 11) is 4.86. The number of carbonyl (C=O) groups is 1. The molecule has 32 heteroatoms. The summed E-state index contributed by atoms with van der Waals surface area (Å²) in [6, 6.07) is 27.7. The molecule has 0 radical (unpaired) electrons. The maximum absolute atomic E-state index is 13.9. The molecular weight excluding hydrogens is 1410 g/mol. The molecule has 0 amide bonds. The minimum absolute atomic E-state index is 0.0993. The van der Waals surface area contributed by atoms with Gasteiger partial charge in [-0.2, -0.15) is 41.6 Å². The Balaban J connectivity index is 0.000000192. The first-order valence-corrected chi connectivity index (χ1v) is 32.7. The second-order valence-electron chi connectivity index (χ2n) is 24.0. The molecule has 0 aliphatic carbocycles. The summed E-state index contributed by atoms with van der Waals surface area (Å²) in [6.07, 6.45) is -1.63. The minimum atomic E-state index is -5.00. The fourth-order valence-corrected chi connectivity index (χ4v) is 10.8. The Morgan fingerprint density at radius 2 is 0.926 bits per heavy atom. The molecule has 0 unspecified atom stereocenters. The Kier molecular flexibility index (Phi) is 20.8. The highest BCUT2D eigenvalue weighted by molar-refractivity contribution is 5.86. The fourth-order valence-electron chi connectivity index (χ4n) is 10.8. The molecule has 6 aromatic heterocycles. The van der Waals surface area contributed by atoms with Crippen LogP contribution in [-0.2, 0) is 28.4 Å². The third-order valence-electron chi connectivity index (χ3n) is 15.9. The van der Waals surface area contributed by atoms with Crippen LogP contribution in [0.3, 0.4) is 0 Å². The molecule has 0 saturated heterocycles. The zero-order valence-electron chi connectivity index (χ0n) is 71.7. The molecule has 12 aromatic rings. The number of rotatable bonds is 28. The van der Waals surface area contributed by atoms with E-state index in [0.29, 0.717) is 73.8 Å². The van der Waals surface area contributed by atoms with Crippen molar-refractivity contribution >= 4 is 73.2 Å². The van der Waals surface area contributed by atoms with E-state index in [-0.39, 0.29) is 29.4 Å². The van der Waals surface area contributed by atoms with Gasteiger partial charge in [0.2, 0.25) is 6.10 Å². The van der Waals surface area contributed by atoms with Gasteiger partial charge < -0.3 is 63.0 Å². The van der Waals surface area contributed by atoms with Crippen molar-refractivity contribution < 1.29 is 90.6 Å². The molecule has 6 heterocycles. The number of aryl methyl sites for hydroxylation is 2. The van der Waals surface area contributed by atoms with Gasteiger partial charge in [-0.25, -0.2) is 15.0 Å². The van der Waals surface area contributed by atoms with Gasteiger partial charge in [-0.1, -0.05) is 0 Å². The van der Waals surface area contributed by atoms with Gasteiger partial charge in [0.25, 0.3) is 0 Å². The van der Waals surface area contributed by atoms with Gasteiger partial charge in [-0.3, -0.25) is 33.8 Å². The van der Waals surface area contributed by atoms with Gasteiger partial charge in [-0.15, -0.1) is 0 Å². The number of nitrogens with one attached hydrogen (secondary N) is 1. The molecule has 0 bridgehead atoms. The van der Waals surface area contributed by atoms with Crippen LogP contribution >= 0.6 is 0 Å². The number of nitrogens with zero attached hydrogens (tertiary/aromatic N) is 15. The number of aliphatic hydroxyl groups excluding tert-OH is 1. The van der Waals surface area contributed by atoms with Crippen molar-refractivity contribution in [2.24, 2.45) is 14.1 Å². The van der Waals surface area contributed by atoms with Crippen LogP contribution in [0.25, 0.3) is 66.9 Å². The lowest BCUT2D eigenvalue weighted by atomic mass is 10.1. The Morgan fingerprint density at radius 3 is 1.29 bits per heavy atom. The number of fused-ring (bicyclic) bond motifs is 3. The lowest BCUT2D eigenvalue weighted by molar-refractivity contribution is -0.216. The van der Waals surface area contributed by atoms with Crippen molar-refractivity contribution in [2.45, 2.75) is 57.7 Å². The molecule has 2 atom stereocenters. The van der Waals surface area contributed by atoms with Gasteiger partial charge in [0, 0.05) is 173 Å². The molecule has 0 aliphatic heterocycles. The average molecular weight is 1510 g/mol. The number of alkyl halides is 6. The number of carbonyl (C=O) groups excluding carboxylic acids is 1. The molecule has 0 fully saturated rings. The van der Waals surface area contributed by atoms with Crippen molar-refractivity contribution in [2.75, 3.05) is 104 Å². The second-order valence-corrected chi connectivity index (χ2v) is 24.0. The summed E-state index contributed by atoms with van der Waals surface area (Å²) in [5.41, 5.74) is 8.21. The third kappa shape index (κ3) is 20.6.